The molecule has 0 aromatic carbocycles. The molecule has 0 aliphatic rings. The van der Waals surface area contributed by atoms with Gasteiger partial charge in [-0.05, 0) is 34.1 Å². The van der Waals surface area contributed by atoms with E-state index in [9.17, 15) is 15.2 Å². The lowest BCUT2D eigenvalue weighted by molar-refractivity contribution is -0.384. The van der Waals surface area contributed by atoms with E-state index in [1.165, 1.54) is 0 Å². The highest BCUT2D eigenvalue weighted by atomic mass is 16.6. The number of hydrogen-bond acceptors (Lipinski definition) is 5. The minimum absolute atomic E-state index is 0.0383. The first-order valence-electron chi connectivity index (χ1n) is 6.38. The average Bonchev–Trinajstić information content (AvgIpc) is 2.63. The van der Waals surface area contributed by atoms with Crippen LogP contribution < -0.4 is 4.90 Å². The minimum Gasteiger partial charge on any atom is -0.393 e. The summed E-state index contributed by atoms with van der Waals surface area (Å²) in [5.41, 5.74) is 0.458. The molecule has 1 aromatic rings. The normalized spacial score (nSPS) is 12.8. The molecular weight excluding hydrogens is 248 g/mol. The van der Waals surface area contributed by atoms with E-state index in [0.29, 0.717) is 24.5 Å². The monoisotopic (exact) mass is 270 g/mol. The van der Waals surface area contributed by atoms with Crippen LogP contribution in [0.1, 0.15) is 38.9 Å². The van der Waals surface area contributed by atoms with Gasteiger partial charge in [-0.15, -0.1) is 0 Å². The van der Waals surface area contributed by atoms with Crippen LogP contribution in [0.4, 0.5) is 11.5 Å². The van der Waals surface area contributed by atoms with Gasteiger partial charge in [-0.3, -0.25) is 10.1 Å². The molecule has 7 heteroatoms. The van der Waals surface area contributed by atoms with Crippen LogP contribution in [0.25, 0.3) is 0 Å². The Hall–Kier alpha value is -1.63. The highest BCUT2D eigenvalue weighted by Crippen LogP contribution is 2.33. The summed E-state index contributed by atoms with van der Waals surface area (Å²) in [4.78, 5) is 12.6. The maximum atomic E-state index is 11.2. The fourth-order valence-electron chi connectivity index (χ4n) is 1.94. The lowest BCUT2D eigenvalue weighted by Gasteiger charge is -2.21. The van der Waals surface area contributed by atoms with Crippen LogP contribution in [-0.4, -0.2) is 39.5 Å². The summed E-state index contributed by atoms with van der Waals surface area (Å²) in [6.07, 6.45) is 0.119. The summed E-state index contributed by atoms with van der Waals surface area (Å²) in [5.74, 6) is 0.498. The van der Waals surface area contributed by atoms with Crippen LogP contribution in [-0.2, 0) is 0 Å². The summed E-state index contributed by atoms with van der Waals surface area (Å²) < 4.78 is 1.66. The van der Waals surface area contributed by atoms with Gasteiger partial charge in [0.1, 0.15) is 5.69 Å². The van der Waals surface area contributed by atoms with Crippen molar-refractivity contribution >= 4 is 11.5 Å². The second kappa shape index (κ2) is 6.01. The van der Waals surface area contributed by atoms with Crippen LogP contribution in [0.15, 0.2) is 0 Å². The largest absolute Gasteiger partial charge is 0.393 e. The molecule has 1 unspecified atom stereocenters. The van der Waals surface area contributed by atoms with Crippen molar-refractivity contribution in [1.29, 1.82) is 0 Å². The van der Waals surface area contributed by atoms with E-state index < -0.39 is 11.0 Å². The minimum atomic E-state index is -0.432. The van der Waals surface area contributed by atoms with E-state index >= 15 is 0 Å². The fraction of sp³-hybridized carbons (Fsp3) is 0.750. The SMILES string of the molecule is Cc1nn(C(C)C)c(N(C)CCC(C)O)c1[N+](=O)[O-]. The summed E-state index contributed by atoms with van der Waals surface area (Å²) in [5, 5.41) is 24.8. The molecule has 19 heavy (non-hydrogen) atoms. The number of nitro groups is 1. The Bertz CT molecular complexity index is 454. The van der Waals surface area contributed by atoms with Crippen molar-refractivity contribution in [1.82, 2.24) is 9.78 Å². The highest BCUT2D eigenvalue weighted by Gasteiger charge is 2.29. The van der Waals surface area contributed by atoms with E-state index in [0.717, 1.165) is 0 Å². The van der Waals surface area contributed by atoms with Crippen molar-refractivity contribution in [3.63, 3.8) is 0 Å². The number of aryl methyl sites for hydroxylation is 1. The van der Waals surface area contributed by atoms with Crippen LogP contribution >= 0.6 is 0 Å². The number of hydrogen-bond donors (Lipinski definition) is 1. The Labute approximate surface area is 113 Å². The molecule has 1 atom stereocenters. The maximum Gasteiger partial charge on any atom is 0.333 e. The Morgan fingerprint density at radius 3 is 2.47 bits per heavy atom. The van der Waals surface area contributed by atoms with Crippen LogP contribution in [0.2, 0.25) is 0 Å². The molecule has 0 spiro atoms. The zero-order valence-electron chi connectivity index (χ0n) is 12.1. The summed E-state index contributed by atoms with van der Waals surface area (Å²) in [7, 11) is 1.78. The van der Waals surface area contributed by atoms with Crippen molar-refractivity contribution in [2.75, 3.05) is 18.5 Å². The Balaban J connectivity index is 3.17. The van der Waals surface area contributed by atoms with Gasteiger partial charge in [0.05, 0.1) is 11.0 Å². The number of rotatable bonds is 6. The molecule has 0 bridgehead atoms. The standard InChI is InChI=1S/C12H22N4O3/c1-8(2)15-12(14(5)7-6-9(3)17)11(16(18)19)10(4)13-15/h8-9,17H,6-7H2,1-5H3. The first-order chi connectivity index (χ1) is 8.75. The molecule has 1 rings (SSSR count). The van der Waals surface area contributed by atoms with Crippen molar-refractivity contribution < 1.29 is 10.0 Å². The van der Waals surface area contributed by atoms with E-state index in [4.69, 9.17) is 0 Å². The molecular formula is C12H22N4O3. The smallest absolute Gasteiger partial charge is 0.333 e. The van der Waals surface area contributed by atoms with Crippen molar-refractivity contribution in [2.24, 2.45) is 0 Å². The molecule has 1 N–H and O–H groups in total. The molecule has 0 amide bonds. The Kier molecular flexibility index (Phi) is 4.88. The number of aliphatic hydroxyl groups excluding tert-OH is 1. The van der Waals surface area contributed by atoms with Crippen molar-refractivity contribution in [3.8, 4) is 0 Å². The number of aromatic nitrogens is 2. The fourth-order valence-corrected chi connectivity index (χ4v) is 1.94. The average molecular weight is 270 g/mol. The molecule has 0 fully saturated rings. The van der Waals surface area contributed by atoms with Gasteiger partial charge < -0.3 is 10.0 Å². The number of nitrogens with zero attached hydrogens (tertiary/aromatic N) is 4. The maximum absolute atomic E-state index is 11.2. The van der Waals surface area contributed by atoms with Gasteiger partial charge in [0, 0.05) is 19.6 Å². The summed E-state index contributed by atoms with van der Waals surface area (Å²) in [6, 6.07) is 0.0383. The van der Waals surface area contributed by atoms with Gasteiger partial charge >= 0.3 is 5.69 Å². The molecule has 1 aromatic heterocycles. The van der Waals surface area contributed by atoms with E-state index in [-0.39, 0.29) is 11.7 Å². The predicted molar refractivity (Wildman–Crippen MR) is 73.6 cm³/mol. The van der Waals surface area contributed by atoms with Gasteiger partial charge in [-0.2, -0.15) is 5.10 Å². The molecule has 0 aliphatic heterocycles. The summed E-state index contributed by atoms with van der Waals surface area (Å²) >= 11 is 0. The molecule has 0 saturated heterocycles. The van der Waals surface area contributed by atoms with Crippen LogP contribution in [0, 0.1) is 17.0 Å². The molecule has 1 heterocycles. The number of anilines is 1. The molecule has 0 radical (unpaired) electrons. The highest BCUT2D eigenvalue weighted by molar-refractivity contribution is 5.61. The van der Waals surface area contributed by atoms with Gasteiger partial charge in [-0.1, -0.05) is 0 Å². The molecule has 0 aliphatic carbocycles. The first-order valence-corrected chi connectivity index (χ1v) is 6.38. The topological polar surface area (TPSA) is 84.4 Å². The third-order valence-corrected chi connectivity index (χ3v) is 2.94. The lowest BCUT2D eigenvalue weighted by atomic mass is 10.2. The zero-order valence-corrected chi connectivity index (χ0v) is 12.1. The molecule has 108 valence electrons. The lowest BCUT2D eigenvalue weighted by Crippen LogP contribution is -2.25. The first kappa shape index (κ1) is 15.4. The van der Waals surface area contributed by atoms with Crippen LogP contribution in [0.3, 0.4) is 0 Å². The van der Waals surface area contributed by atoms with Crippen molar-refractivity contribution in [2.45, 2.75) is 46.3 Å². The molecule has 0 saturated carbocycles. The van der Waals surface area contributed by atoms with Gasteiger partial charge in [0.15, 0.2) is 0 Å². The third kappa shape index (κ3) is 3.44. The second-order valence-electron chi connectivity index (χ2n) is 5.11. The van der Waals surface area contributed by atoms with Gasteiger partial charge in [0.25, 0.3) is 0 Å². The zero-order chi connectivity index (χ0) is 14.7. The Morgan fingerprint density at radius 1 is 1.47 bits per heavy atom. The molecule has 7 nitrogen and oxygen atoms in total. The van der Waals surface area contributed by atoms with Gasteiger partial charge in [-0.25, -0.2) is 4.68 Å². The quantitative estimate of drug-likeness (QED) is 0.630. The van der Waals surface area contributed by atoms with E-state index in [2.05, 4.69) is 5.10 Å². The predicted octanol–water partition coefficient (Wildman–Crippen LogP) is 1.89. The third-order valence-electron chi connectivity index (χ3n) is 2.94. The summed E-state index contributed by atoms with van der Waals surface area (Å²) in [6.45, 7) is 7.75. The Morgan fingerprint density at radius 2 is 2.05 bits per heavy atom. The van der Waals surface area contributed by atoms with Crippen LogP contribution in [0.5, 0.6) is 0 Å². The number of aliphatic hydroxyl groups is 1. The van der Waals surface area contributed by atoms with E-state index in [1.54, 1.807) is 30.5 Å². The van der Waals surface area contributed by atoms with E-state index in [1.807, 2.05) is 13.8 Å². The second-order valence-corrected chi connectivity index (χ2v) is 5.11. The van der Waals surface area contributed by atoms with Crippen molar-refractivity contribution in [3.05, 3.63) is 15.8 Å². The van der Waals surface area contributed by atoms with Gasteiger partial charge in [0.2, 0.25) is 5.82 Å².